The third-order valence-electron chi connectivity index (χ3n) is 1.59. The van der Waals surface area contributed by atoms with Crippen molar-refractivity contribution < 1.29 is 9.53 Å². The van der Waals surface area contributed by atoms with Gasteiger partial charge in [-0.05, 0) is 24.3 Å². The van der Waals surface area contributed by atoms with Gasteiger partial charge in [-0.2, -0.15) is 0 Å². The lowest BCUT2D eigenvalue weighted by atomic mass is 10.2. The molecule has 0 aliphatic carbocycles. The van der Waals surface area contributed by atoms with E-state index in [1.807, 2.05) is 0 Å². The summed E-state index contributed by atoms with van der Waals surface area (Å²) in [5, 5.41) is 0. The third kappa shape index (κ3) is 2.45. The topological polar surface area (TPSA) is 50.4 Å². The number of amides is 1. The van der Waals surface area contributed by atoms with E-state index in [1.165, 1.54) is 0 Å². The second-order valence-electron chi connectivity index (χ2n) is 2.43. The molecule has 0 bridgehead atoms. The van der Waals surface area contributed by atoms with E-state index in [0.717, 1.165) is 5.75 Å². The third-order valence-corrected chi connectivity index (χ3v) is 1.59. The van der Waals surface area contributed by atoms with Gasteiger partial charge in [-0.25, -0.2) is 5.43 Å². The fourth-order valence-electron chi connectivity index (χ4n) is 0.928. The Kier molecular flexibility index (Phi) is 3.28. The first kappa shape index (κ1) is 9.54. The summed E-state index contributed by atoms with van der Waals surface area (Å²) in [6.07, 6.45) is 0. The van der Waals surface area contributed by atoms with Gasteiger partial charge >= 0.3 is 0 Å². The zero-order valence-corrected chi connectivity index (χ0v) is 7.63. The summed E-state index contributed by atoms with van der Waals surface area (Å²) >= 11 is 0. The van der Waals surface area contributed by atoms with E-state index >= 15 is 0 Å². The van der Waals surface area contributed by atoms with Crippen molar-refractivity contribution in [2.45, 2.75) is 0 Å². The molecule has 0 radical (unpaired) electrons. The Morgan fingerprint density at radius 1 is 1.31 bits per heavy atom. The highest BCUT2D eigenvalue weighted by Gasteiger charge is 2.02. The smallest absolute Gasteiger partial charge is 0.265 e. The highest BCUT2D eigenvalue weighted by molar-refractivity contribution is 5.93. The molecular weight excluding hydrogens is 168 g/mol. The average molecular weight is 180 g/mol. The molecule has 0 saturated heterocycles. The molecule has 0 unspecified atom stereocenters. The normalized spacial score (nSPS) is 9.38. The number of hydrogen-bond donors (Lipinski definition) is 2. The van der Waals surface area contributed by atoms with Crippen LogP contribution in [0.1, 0.15) is 10.4 Å². The SMILES string of the molecule is CNNC(=O)c1ccc(OC)cc1. The molecule has 0 aliphatic rings. The lowest BCUT2D eigenvalue weighted by Gasteiger charge is -2.03. The van der Waals surface area contributed by atoms with Crippen LogP contribution >= 0.6 is 0 Å². The van der Waals surface area contributed by atoms with Crippen LogP contribution in [0.15, 0.2) is 24.3 Å². The summed E-state index contributed by atoms with van der Waals surface area (Å²) in [4.78, 5) is 11.2. The quantitative estimate of drug-likeness (QED) is 0.668. The molecule has 1 aromatic carbocycles. The molecule has 0 atom stereocenters. The van der Waals surface area contributed by atoms with Crippen molar-refractivity contribution in [2.75, 3.05) is 14.2 Å². The van der Waals surface area contributed by atoms with E-state index in [0.29, 0.717) is 5.56 Å². The van der Waals surface area contributed by atoms with E-state index in [1.54, 1.807) is 38.4 Å². The molecule has 0 saturated carbocycles. The van der Waals surface area contributed by atoms with Crippen molar-refractivity contribution in [1.82, 2.24) is 10.9 Å². The van der Waals surface area contributed by atoms with Crippen LogP contribution in [-0.2, 0) is 0 Å². The number of rotatable bonds is 3. The predicted octanol–water partition coefficient (Wildman–Crippen LogP) is 0.559. The van der Waals surface area contributed by atoms with Gasteiger partial charge in [0.05, 0.1) is 7.11 Å². The van der Waals surface area contributed by atoms with Crippen LogP contribution in [0.5, 0.6) is 5.75 Å². The average Bonchev–Trinajstić information content (AvgIpc) is 2.18. The van der Waals surface area contributed by atoms with Gasteiger partial charge in [-0.15, -0.1) is 0 Å². The standard InChI is InChI=1S/C9H12N2O2/c1-10-11-9(12)7-3-5-8(13-2)6-4-7/h3-6,10H,1-2H3,(H,11,12). The fourth-order valence-corrected chi connectivity index (χ4v) is 0.928. The van der Waals surface area contributed by atoms with Crippen LogP contribution in [0.4, 0.5) is 0 Å². The van der Waals surface area contributed by atoms with Crippen LogP contribution in [-0.4, -0.2) is 20.1 Å². The number of hydrogen-bond acceptors (Lipinski definition) is 3. The Morgan fingerprint density at radius 2 is 1.92 bits per heavy atom. The number of methoxy groups -OCH3 is 1. The van der Waals surface area contributed by atoms with Crippen molar-refractivity contribution in [3.05, 3.63) is 29.8 Å². The molecular formula is C9H12N2O2. The summed E-state index contributed by atoms with van der Waals surface area (Å²) < 4.78 is 4.96. The van der Waals surface area contributed by atoms with Gasteiger partial charge < -0.3 is 4.74 Å². The Balaban J connectivity index is 2.74. The van der Waals surface area contributed by atoms with Crippen molar-refractivity contribution in [3.63, 3.8) is 0 Å². The van der Waals surface area contributed by atoms with Gasteiger partial charge in [-0.1, -0.05) is 0 Å². The van der Waals surface area contributed by atoms with E-state index in [-0.39, 0.29) is 5.91 Å². The first-order valence-corrected chi connectivity index (χ1v) is 3.89. The summed E-state index contributed by atoms with van der Waals surface area (Å²) in [7, 11) is 3.23. The van der Waals surface area contributed by atoms with Gasteiger partial charge in [0.1, 0.15) is 5.75 Å². The van der Waals surface area contributed by atoms with E-state index in [4.69, 9.17) is 4.74 Å². The number of benzene rings is 1. The van der Waals surface area contributed by atoms with Crippen molar-refractivity contribution in [1.29, 1.82) is 0 Å². The second kappa shape index (κ2) is 4.47. The predicted molar refractivity (Wildman–Crippen MR) is 49.5 cm³/mol. The van der Waals surface area contributed by atoms with Crippen molar-refractivity contribution >= 4 is 5.91 Å². The highest BCUT2D eigenvalue weighted by atomic mass is 16.5. The summed E-state index contributed by atoms with van der Waals surface area (Å²) in [5.41, 5.74) is 5.63. The lowest BCUT2D eigenvalue weighted by molar-refractivity contribution is 0.0938. The van der Waals surface area contributed by atoms with E-state index in [2.05, 4.69) is 10.9 Å². The Morgan fingerprint density at radius 3 is 2.38 bits per heavy atom. The van der Waals surface area contributed by atoms with Gasteiger partial charge in [0.25, 0.3) is 5.91 Å². The molecule has 1 amide bonds. The van der Waals surface area contributed by atoms with Crippen LogP contribution in [0, 0.1) is 0 Å². The van der Waals surface area contributed by atoms with Gasteiger partial charge in [-0.3, -0.25) is 10.2 Å². The summed E-state index contributed by atoms with van der Waals surface area (Å²) in [5.74, 6) is 0.575. The Labute approximate surface area is 76.9 Å². The fraction of sp³-hybridized carbons (Fsp3) is 0.222. The van der Waals surface area contributed by atoms with Gasteiger partial charge in [0.2, 0.25) is 0 Å². The monoisotopic (exact) mass is 180 g/mol. The van der Waals surface area contributed by atoms with Crippen LogP contribution in [0.2, 0.25) is 0 Å². The number of carbonyl (C=O) groups is 1. The lowest BCUT2D eigenvalue weighted by Crippen LogP contribution is -2.33. The minimum absolute atomic E-state index is 0.162. The molecule has 4 heteroatoms. The maximum Gasteiger partial charge on any atom is 0.265 e. The second-order valence-corrected chi connectivity index (χ2v) is 2.43. The van der Waals surface area contributed by atoms with Crippen molar-refractivity contribution in [3.8, 4) is 5.75 Å². The molecule has 0 spiro atoms. The van der Waals surface area contributed by atoms with Crippen molar-refractivity contribution in [2.24, 2.45) is 0 Å². The highest BCUT2D eigenvalue weighted by Crippen LogP contribution is 2.10. The molecule has 1 aromatic rings. The number of hydrazine groups is 1. The van der Waals surface area contributed by atoms with Crippen LogP contribution in [0.25, 0.3) is 0 Å². The first-order valence-electron chi connectivity index (χ1n) is 3.89. The minimum atomic E-state index is -0.162. The first-order chi connectivity index (χ1) is 6.27. The van der Waals surface area contributed by atoms with Gasteiger partial charge in [0.15, 0.2) is 0 Å². The molecule has 70 valence electrons. The minimum Gasteiger partial charge on any atom is -0.497 e. The zero-order chi connectivity index (χ0) is 9.68. The molecule has 0 aromatic heterocycles. The van der Waals surface area contributed by atoms with E-state index in [9.17, 15) is 4.79 Å². The molecule has 0 fully saturated rings. The maximum absolute atomic E-state index is 11.2. The maximum atomic E-state index is 11.2. The molecule has 0 aliphatic heterocycles. The molecule has 2 N–H and O–H groups in total. The molecule has 13 heavy (non-hydrogen) atoms. The molecule has 4 nitrogen and oxygen atoms in total. The van der Waals surface area contributed by atoms with Gasteiger partial charge in [0, 0.05) is 12.6 Å². The number of ether oxygens (including phenoxy) is 1. The molecule has 0 heterocycles. The largest absolute Gasteiger partial charge is 0.497 e. The zero-order valence-electron chi connectivity index (χ0n) is 7.63. The Hall–Kier alpha value is -1.55. The molecule has 1 rings (SSSR count). The van der Waals surface area contributed by atoms with Crippen LogP contribution < -0.4 is 15.6 Å². The Bertz CT molecular complexity index is 282. The van der Waals surface area contributed by atoms with E-state index < -0.39 is 0 Å². The van der Waals surface area contributed by atoms with Crippen LogP contribution in [0.3, 0.4) is 0 Å². The summed E-state index contributed by atoms with van der Waals surface area (Å²) in [6, 6.07) is 6.88. The number of nitrogens with one attached hydrogen (secondary N) is 2. The number of carbonyl (C=O) groups excluding carboxylic acids is 1. The summed E-state index contributed by atoms with van der Waals surface area (Å²) in [6.45, 7) is 0.